The minimum atomic E-state index is -0.486. The minimum Gasteiger partial charge on any atom is -0.489 e. The molecular formula is C11H17FN2O2. The predicted molar refractivity (Wildman–Crippen MR) is 59.3 cm³/mol. The van der Waals surface area contributed by atoms with Gasteiger partial charge in [0.05, 0.1) is 18.5 Å². The molecule has 0 atom stereocenters. The number of nitrogens with zero attached hydrogens (tertiary/aromatic N) is 1. The van der Waals surface area contributed by atoms with Crippen LogP contribution in [0, 0.1) is 0 Å². The maximum absolute atomic E-state index is 11.8. The van der Waals surface area contributed by atoms with Crippen molar-refractivity contribution in [3.8, 4) is 5.75 Å². The average molecular weight is 228 g/mol. The summed E-state index contributed by atoms with van der Waals surface area (Å²) < 4.78 is 21.8. The highest BCUT2D eigenvalue weighted by Crippen LogP contribution is 2.08. The topological polar surface area (TPSA) is 43.4 Å². The van der Waals surface area contributed by atoms with Gasteiger partial charge in [-0.05, 0) is 12.1 Å². The summed E-state index contributed by atoms with van der Waals surface area (Å²) in [5, 5.41) is 3.18. The van der Waals surface area contributed by atoms with Gasteiger partial charge in [-0.25, -0.2) is 4.39 Å². The molecule has 0 spiro atoms. The molecule has 1 N–H and O–H groups in total. The van der Waals surface area contributed by atoms with Gasteiger partial charge in [0.15, 0.2) is 0 Å². The number of nitrogens with one attached hydrogen (secondary N) is 1. The molecule has 4 nitrogen and oxygen atoms in total. The first-order valence-corrected chi connectivity index (χ1v) is 5.20. The van der Waals surface area contributed by atoms with E-state index in [1.165, 1.54) is 0 Å². The van der Waals surface area contributed by atoms with Crippen LogP contribution in [-0.2, 0) is 11.3 Å². The average Bonchev–Trinajstić information content (AvgIpc) is 2.33. The quantitative estimate of drug-likeness (QED) is 0.678. The molecule has 1 aromatic heterocycles. The van der Waals surface area contributed by atoms with Crippen molar-refractivity contribution in [2.45, 2.75) is 6.54 Å². The summed E-state index contributed by atoms with van der Waals surface area (Å²) in [6, 6.07) is 3.64. The summed E-state index contributed by atoms with van der Waals surface area (Å²) in [7, 11) is 1.66. The van der Waals surface area contributed by atoms with E-state index >= 15 is 0 Å². The Bertz CT molecular complexity index is 280. The van der Waals surface area contributed by atoms with E-state index in [9.17, 15) is 4.39 Å². The largest absolute Gasteiger partial charge is 0.489 e. The molecule has 0 fully saturated rings. The molecule has 0 aliphatic heterocycles. The van der Waals surface area contributed by atoms with Crippen LogP contribution in [0.1, 0.15) is 5.69 Å². The molecule has 0 radical (unpaired) electrons. The van der Waals surface area contributed by atoms with Crippen molar-refractivity contribution in [1.82, 2.24) is 10.3 Å². The number of hydrogen-bond acceptors (Lipinski definition) is 4. The number of rotatable bonds is 8. The summed E-state index contributed by atoms with van der Waals surface area (Å²) in [5.41, 5.74) is 0.920. The van der Waals surface area contributed by atoms with E-state index < -0.39 is 6.67 Å². The van der Waals surface area contributed by atoms with Gasteiger partial charge in [0.1, 0.15) is 19.0 Å². The van der Waals surface area contributed by atoms with Gasteiger partial charge in [0.25, 0.3) is 0 Å². The smallest absolute Gasteiger partial charge is 0.137 e. The lowest BCUT2D eigenvalue weighted by Gasteiger charge is -2.05. The SMILES string of the molecule is COCCNCc1ccc(OCCF)cn1. The number of pyridine rings is 1. The Kier molecular flexibility index (Phi) is 6.44. The maximum atomic E-state index is 11.8. The van der Waals surface area contributed by atoms with Gasteiger partial charge in [-0.2, -0.15) is 0 Å². The number of alkyl halides is 1. The van der Waals surface area contributed by atoms with Crippen molar-refractivity contribution in [2.24, 2.45) is 0 Å². The molecule has 0 aliphatic rings. The van der Waals surface area contributed by atoms with E-state index in [2.05, 4.69) is 10.3 Å². The summed E-state index contributed by atoms with van der Waals surface area (Å²) in [6.07, 6.45) is 1.60. The molecule has 0 unspecified atom stereocenters. The van der Waals surface area contributed by atoms with Gasteiger partial charge in [0, 0.05) is 20.2 Å². The maximum Gasteiger partial charge on any atom is 0.137 e. The lowest BCUT2D eigenvalue weighted by molar-refractivity contribution is 0.199. The van der Waals surface area contributed by atoms with Gasteiger partial charge in [-0.15, -0.1) is 0 Å². The molecule has 0 saturated heterocycles. The molecule has 0 bridgehead atoms. The van der Waals surface area contributed by atoms with E-state index in [1.54, 1.807) is 19.4 Å². The Balaban J connectivity index is 2.27. The number of halogens is 1. The third-order valence-corrected chi connectivity index (χ3v) is 1.93. The van der Waals surface area contributed by atoms with Crippen LogP contribution in [0.2, 0.25) is 0 Å². The van der Waals surface area contributed by atoms with Crippen molar-refractivity contribution in [1.29, 1.82) is 0 Å². The highest BCUT2D eigenvalue weighted by atomic mass is 19.1. The molecule has 0 aliphatic carbocycles. The number of hydrogen-bond donors (Lipinski definition) is 1. The van der Waals surface area contributed by atoms with Crippen molar-refractivity contribution in [3.63, 3.8) is 0 Å². The molecule has 90 valence electrons. The summed E-state index contributed by atoms with van der Waals surface area (Å²) in [5.74, 6) is 0.596. The van der Waals surface area contributed by atoms with Crippen molar-refractivity contribution >= 4 is 0 Å². The van der Waals surface area contributed by atoms with Gasteiger partial charge in [-0.1, -0.05) is 0 Å². The van der Waals surface area contributed by atoms with Gasteiger partial charge in [0.2, 0.25) is 0 Å². The van der Waals surface area contributed by atoms with E-state index in [4.69, 9.17) is 9.47 Å². The number of aromatic nitrogens is 1. The van der Waals surface area contributed by atoms with Crippen LogP contribution >= 0.6 is 0 Å². The van der Waals surface area contributed by atoms with Crippen LogP contribution in [0.5, 0.6) is 5.75 Å². The first kappa shape index (κ1) is 12.9. The molecule has 0 saturated carbocycles. The van der Waals surface area contributed by atoms with Gasteiger partial charge < -0.3 is 14.8 Å². The first-order valence-electron chi connectivity index (χ1n) is 5.20. The Morgan fingerprint density at radius 3 is 2.88 bits per heavy atom. The molecule has 1 aromatic rings. The fourth-order valence-electron chi connectivity index (χ4n) is 1.15. The standard InChI is InChI=1S/C11H17FN2O2/c1-15-7-5-13-8-10-2-3-11(9-14-10)16-6-4-12/h2-3,9,13H,4-8H2,1H3. The molecule has 0 amide bonds. The Hall–Kier alpha value is -1.20. The fourth-order valence-corrected chi connectivity index (χ4v) is 1.15. The van der Waals surface area contributed by atoms with Crippen LogP contribution < -0.4 is 10.1 Å². The van der Waals surface area contributed by atoms with Crippen LogP contribution in [-0.4, -0.2) is 38.5 Å². The summed E-state index contributed by atoms with van der Waals surface area (Å²) in [6.45, 7) is 1.75. The molecule has 16 heavy (non-hydrogen) atoms. The third kappa shape index (κ3) is 5.04. The molecule has 1 heterocycles. The Labute approximate surface area is 94.8 Å². The Morgan fingerprint density at radius 1 is 1.38 bits per heavy atom. The first-order chi connectivity index (χ1) is 7.86. The van der Waals surface area contributed by atoms with E-state index in [-0.39, 0.29) is 6.61 Å². The predicted octanol–water partition coefficient (Wildman–Crippen LogP) is 1.17. The van der Waals surface area contributed by atoms with Crippen LogP contribution in [0.3, 0.4) is 0 Å². The van der Waals surface area contributed by atoms with Crippen LogP contribution in [0.15, 0.2) is 18.3 Å². The summed E-state index contributed by atoms with van der Waals surface area (Å²) >= 11 is 0. The molecule has 1 rings (SSSR count). The normalized spacial score (nSPS) is 10.4. The van der Waals surface area contributed by atoms with Crippen molar-refractivity contribution in [2.75, 3.05) is 33.5 Å². The number of ether oxygens (including phenoxy) is 2. The van der Waals surface area contributed by atoms with E-state index in [0.29, 0.717) is 18.9 Å². The highest BCUT2D eigenvalue weighted by Gasteiger charge is 1.96. The van der Waals surface area contributed by atoms with Crippen molar-refractivity contribution < 1.29 is 13.9 Å². The zero-order valence-corrected chi connectivity index (χ0v) is 9.41. The second kappa shape index (κ2) is 8.01. The zero-order valence-electron chi connectivity index (χ0n) is 9.41. The number of methoxy groups -OCH3 is 1. The third-order valence-electron chi connectivity index (χ3n) is 1.93. The Morgan fingerprint density at radius 2 is 2.25 bits per heavy atom. The van der Waals surface area contributed by atoms with Gasteiger partial charge >= 0.3 is 0 Å². The second-order valence-corrected chi connectivity index (χ2v) is 3.19. The van der Waals surface area contributed by atoms with Crippen molar-refractivity contribution in [3.05, 3.63) is 24.0 Å². The molecule has 0 aromatic carbocycles. The minimum absolute atomic E-state index is 0.0765. The molecular weight excluding hydrogens is 211 g/mol. The lowest BCUT2D eigenvalue weighted by Crippen LogP contribution is -2.19. The summed E-state index contributed by atoms with van der Waals surface area (Å²) in [4.78, 5) is 4.18. The lowest BCUT2D eigenvalue weighted by atomic mass is 10.3. The fraction of sp³-hybridized carbons (Fsp3) is 0.545. The highest BCUT2D eigenvalue weighted by molar-refractivity contribution is 5.19. The van der Waals surface area contributed by atoms with Crippen LogP contribution in [0.4, 0.5) is 4.39 Å². The molecule has 5 heteroatoms. The van der Waals surface area contributed by atoms with E-state index in [0.717, 1.165) is 12.2 Å². The van der Waals surface area contributed by atoms with Crippen LogP contribution in [0.25, 0.3) is 0 Å². The monoisotopic (exact) mass is 228 g/mol. The zero-order chi connectivity index (χ0) is 11.6. The van der Waals surface area contributed by atoms with E-state index in [1.807, 2.05) is 6.07 Å². The second-order valence-electron chi connectivity index (χ2n) is 3.19. The van der Waals surface area contributed by atoms with Gasteiger partial charge in [-0.3, -0.25) is 4.98 Å².